The third-order valence-electron chi connectivity index (χ3n) is 2.78. The van der Waals surface area contributed by atoms with Crippen LogP contribution in [0.25, 0.3) is 22.2 Å². The van der Waals surface area contributed by atoms with Gasteiger partial charge in [-0.2, -0.15) is 0 Å². The number of aryl methyl sites for hydroxylation is 1. The highest BCUT2D eigenvalue weighted by molar-refractivity contribution is 5.95. The van der Waals surface area contributed by atoms with Crippen molar-refractivity contribution in [2.75, 3.05) is 5.73 Å². The van der Waals surface area contributed by atoms with Crippen LogP contribution in [-0.4, -0.2) is 14.5 Å². The molecule has 4 nitrogen and oxygen atoms in total. The SMILES string of the molecule is Cn1cc(-c2cnc(N)[nH]2)c2ccccc21. The molecule has 0 bridgehead atoms. The minimum atomic E-state index is 0.447. The van der Waals surface area contributed by atoms with Gasteiger partial charge in [-0.05, 0) is 6.07 Å². The molecule has 0 saturated carbocycles. The van der Waals surface area contributed by atoms with Gasteiger partial charge in [-0.15, -0.1) is 0 Å². The molecule has 4 heteroatoms. The lowest BCUT2D eigenvalue weighted by Crippen LogP contribution is -1.85. The second kappa shape index (κ2) is 3.13. The number of nitrogen functional groups attached to an aromatic ring is 1. The van der Waals surface area contributed by atoms with Crippen molar-refractivity contribution in [3.63, 3.8) is 0 Å². The normalized spacial score (nSPS) is 11.1. The van der Waals surface area contributed by atoms with Crippen molar-refractivity contribution in [1.29, 1.82) is 0 Å². The Morgan fingerprint density at radius 3 is 2.88 bits per heavy atom. The van der Waals surface area contributed by atoms with Gasteiger partial charge in [0.15, 0.2) is 5.95 Å². The highest BCUT2D eigenvalue weighted by atomic mass is 15.0. The Hall–Kier alpha value is -2.23. The molecule has 3 N–H and O–H groups in total. The van der Waals surface area contributed by atoms with Gasteiger partial charge in [0.1, 0.15) is 0 Å². The van der Waals surface area contributed by atoms with Crippen molar-refractivity contribution in [3.05, 3.63) is 36.7 Å². The molecule has 0 aliphatic rings. The zero-order chi connectivity index (χ0) is 11.1. The van der Waals surface area contributed by atoms with E-state index in [2.05, 4.69) is 32.9 Å². The molecule has 0 saturated heterocycles. The fraction of sp³-hybridized carbons (Fsp3) is 0.0833. The van der Waals surface area contributed by atoms with Crippen molar-refractivity contribution in [2.45, 2.75) is 0 Å². The van der Waals surface area contributed by atoms with E-state index in [0.717, 1.165) is 11.3 Å². The van der Waals surface area contributed by atoms with Crippen LogP contribution in [0.2, 0.25) is 0 Å². The van der Waals surface area contributed by atoms with E-state index in [-0.39, 0.29) is 0 Å². The van der Waals surface area contributed by atoms with Gasteiger partial charge in [-0.25, -0.2) is 4.98 Å². The van der Waals surface area contributed by atoms with Crippen LogP contribution < -0.4 is 5.73 Å². The Morgan fingerprint density at radius 2 is 2.12 bits per heavy atom. The largest absolute Gasteiger partial charge is 0.369 e. The second-order valence-corrected chi connectivity index (χ2v) is 3.85. The monoisotopic (exact) mass is 212 g/mol. The molecule has 3 aromatic rings. The van der Waals surface area contributed by atoms with Crippen molar-refractivity contribution < 1.29 is 0 Å². The van der Waals surface area contributed by atoms with Gasteiger partial charge in [-0.1, -0.05) is 18.2 Å². The van der Waals surface area contributed by atoms with Gasteiger partial charge < -0.3 is 15.3 Å². The van der Waals surface area contributed by atoms with E-state index >= 15 is 0 Å². The molecule has 80 valence electrons. The smallest absolute Gasteiger partial charge is 0.197 e. The molecule has 1 aromatic carbocycles. The fourth-order valence-electron chi connectivity index (χ4n) is 2.03. The summed E-state index contributed by atoms with van der Waals surface area (Å²) in [4.78, 5) is 7.07. The van der Waals surface area contributed by atoms with E-state index in [4.69, 9.17) is 5.73 Å². The number of anilines is 1. The molecule has 0 radical (unpaired) electrons. The Labute approximate surface area is 92.7 Å². The van der Waals surface area contributed by atoms with Crippen LogP contribution in [0.3, 0.4) is 0 Å². The lowest BCUT2D eigenvalue weighted by molar-refractivity contribution is 0.970. The van der Waals surface area contributed by atoms with Gasteiger partial charge in [0, 0.05) is 29.7 Å². The van der Waals surface area contributed by atoms with E-state index < -0.39 is 0 Å². The third-order valence-corrected chi connectivity index (χ3v) is 2.78. The van der Waals surface area contributed by atoms with Crippen LogP contribution in [0, 0.1) is 0 Å². The Morgan fingerprint density at radius 1 is 1.31 bits per heavy atom. The van der Waals surface area contributed by atoms with Gasteiger partial charge in [0.05, 0.1) is 11.9 Å². The first-order valence-corrected chi connectivity index (χ1v) is 5.10. The molecule has 0 amide bonds. The summed E-state index contributed by atoms with van der Waals surface area (Å²) in [5.41, 5.74) is 8.87. The maximum Gasteiger partial charge on any atom is 0.197 e. The summed E-state index contributed by atoms with van der Waals surface area (Å²) in [7, 11) is 2.03. The minimum absolute atomic E-state index is 0.447. The van der Waals surface area contributed by atoms with Crippen LogP contribution >= 0.6 is 0 Å². The topological polar surface area (TPSA) is 59.6 Å². The summed E-state index contributed by atoms with van der Waals surface area (Å²) < 4.78 is 2.10. The molecule has 0 spiro atoms. The number of benzene rings is 1. The van der Waals surface area contributed by atoms with Crippen LogP contribution in [-0.2, 0) is 7.05 Å². The Balaban J connectivity index is 2.32. The number of hydrogen-bond acceptors (Lipinski definition) is 2. The summed E-state index contributed by atoms with van der Waals surface area (Å²) in [5, 5.41) is 1.20. The highest BCUT2D eigenvalue weighted by Crippen LogP contribution is 2.28. The molecule has 0 aliphatic heterocycles. The number of fused-ring (bicyclic) bond motifs is 1. The number of nitrogens with two attached hydrogens (primary N) is 1. The summed E-state index contributed by atoms with van der Waals surface area (Å²) in [6, 6.07) is 8.26. The van der Waals surface area contributed by atoms with E-state index in [1.165, 1.54) is 10.9 Å². The molecule has 16 heavy (non-hydrogen) atoms. The average Bonchev–Trinajstić information content (AvgIpc) is 2.84. The molecule has 0 atom stereocenters. The summed E-state index contributed by atoms with van der Waals surface area (Å²) >= 11 is 0. The zero-order valence-electron chi connectivity index (χ0n) is 8.94. The summed E-state index contributed by atoms with van der Waals surface area (Å²) in [6.07, 6.45) is 3.84. The molecule has 2 heterocycles. The summed E-state index contributed by atoms with van der Waals surface area (Å²) in [5.74, 6) is 0.447. The first kappa shape index (κ1) is 9.03. The van der Waals surface area contributed by atoms with Crippen molar-refractivity contribution in [2.24, 2.45) is 7.05 Å². The Kier molecular flexibility index (Phi) is 1.77. The van der Waals surface area contributed by atoms with Crippen LogP contribution in [0.1, 0.15) is 0 Å². The summed E-state index contributed by atoms with van der Waals surface area (Å²) in [6.45, 7) is 0. The number of hydrogen-bond donors (Lipinski definition) is 2. The van der Waals surface area contributed by atoms with Crippen molar-refractivity contribution >= 4 is 16.9 Å². The number of aromatic nitrogens is 3. The Bertz CT molecular complexity index is 648. The first-order chi connectivity index (χ1) is 7.75. The number of H-pyrrole nitrogens is 1. The molecule has 0 fully saturated rings. The molecule has 0 aliphatic carbocycles. The van der Waals surface area contributed by atoms with E-state index in [9.17, 15) is 0 Å². The number of rotatable bonds is 1. The predicted octanol–water partition coefficient (Wildman–Crippen LogP) is 2.15. The van der Waals surface area contributed by atoms with Crippen LogP contribution in [0.15, 0.2) is 36.7 Å². The zero-order valence-corrected chi connectivity index (χ0v) is 8.94. The van der Waals surface area contributed by atoms with Gasteiger partial charge in [0.2, 0.25) is 0 Å². The molecule has 2 aromatic heterocycles. The van der Waals surface area contributed by atoms with Gasteiger partial charge >= 0.3 is 0 Å². The van der Waals surface area contributed by atoms with Crippen molar-refractivity contribution in [1.82, 2.24) is 14.5 Å². The standard InChI is InChI=1S/C12H12N4/c1-16-7-9(10-6-14-12(13)15-10)8-4-2-3-5-11(8)16/h2-7H,1H3,(H3,13,14,15). The minimum Gasteiger partial charge on any atom is -0.369 e. The number of aromatic amines is 1. The van der Waals surface area contributed by atoms with E-state index in [0.29, 0.717) is 5.95 Å². The molecular weight excluding hydrogens is 200 g/mol. The molecule has 3 rings (SSSR count). The second-order valence-electron chi connectivity index (χ2n) is 3.85. The van der Waals surface area contributed by atoms with E-state index in [1.54, 1.807) is 6.20 Å². The van der Waals surface area contributed by atoms with Crippen molar-refractivity contribution in [3.8, 4) is 11.3 Å². The highest BCUT2D eigenvalue weighted by Gasteiger charge is 2.09. The quantitative estimate of drug-likeness (QED) is 0.649. The third kappa shape index (κ3) is 1.20. The lowest BCUT2D eigenvalue weighted by atomic mass is 10.1. The number of nitrogens with one attached hydrogen (secondary N) is 1. The van der Waals surface area contributed by atoms with Crippen LogP contribution in [0.4, 0.5) is 5.95 Å². The molecular formula is C12H12N4. The fourth-order valence-corrected chi connectivity index (χ4v) is 2.03. The van der Waals surface area contributed by atoms with E-state index in [1.807, 2.05) is 19.2 Å². The number of para-hydroxylation sites is 1. The lowest BCUT2D eigenvalue weighted by Gasteiger charge is -1.94. The maximum atomic E-state index is 5.59. The first-order valence-electron chi connectivity index (χ1n) is 5.10. The number of nitrogens with zero attached hydrogens (tertiary/aromatic N) is 2. The average molecular weight is 212 g/mol. The van der Waals surface area contributed by atoms with Gasteiger partial charge in [0.25, 0.3) is 0 Å². The van der Waals surface area contributed by atoms with Crippen LogP contribution in [0.5, 0.6) is 0 Å². The number of imidazole rings is 1. The van der Waals surface area contributed by atoms with Gasteiger partial charge in [-0.3, -0.25) is 0 Å². The molecule has 0 unspecified atom stereocenters. The predicted molar refractivity (Wildman–Crippen MR) is 64.9 cm³/mol. The maximum absolute atomic E-state index is 5.59.